The Hall–Kier alpha value is -7.74. The number of hydrogen-bond donors (Lipinski definition) is 0. The zero-order valence-corrected chi connectivity index (χ0v) is 32.0. The van der Waals surface area contributed by atoms with E-state index in [-0.39, 0.29) is 0 Å². The topological polar surface area (TPSA) is 13.1 Å². The van der Waals surface area contributed by atoms with Gasteiger partial charge in [-0.05, 0) is 139 Å². The zero-order chi connectivity index (χ0) is 38.6. The summed E-state index contributed by atoms with van der Waals surface area (Å²) < 4.78 is 6.33. The van der Waals surface area contributed by atoms with Gasteiger partial charge in [0.2, 0.25) is 0 Å². The van der Waals surface area contributed by atoms with Crippen LogP contribution in [0.5, 0.6) is 0 Å². The van der Waals surface area contributed by atoms with Crippen LogP contribution in [0.25, 0.3) is 131 Å². The molecule has 0 aliphatic carbocycles. The molecule has 59 heavy (non-hydrogen) atoms. The second-order valence-electron chi connectivity index (χ2n) is 15.9. The van der Waals surface area contributed by atoms with Gasteiger partial charge in [0.05, 0.1) is 0 Å². The van der Waals surface area contributed by atoms with E-state index in [9.17, 15) is 0 Å². The van der Waals surface area contributed by atoms with Gasteiger partial charge >= 0.3 is 0 Å². The first-order valence-corrected chi connectivity index (χ1v) is 20.4. The highest BCUT2D eigenvalue weighted by atomic mass is 16.3. The lowest BCUT2D eigenvalue weighted by Crippen LogP contribution is -1.96. The molecule has 1 heterocycles. The van der Waals surface area contributed by atoms with Crippen LogP contribution in [0, 0.1) is 0 Å². The van der Waals surface area contributed by atoms with Gasteiger partial charge in [-0.1, -0.05) is 176 Å². The first kappa shape index (κ1) is 32.4. The molecule has 0 aliphatic heterocycles. The maximum Gasteiger partial charge on any atom is 0.135 e. The summed E-state index contributed by atoms with van der Waals surface area (Å²) in [7, 11) is 0. The SMILES string of the molecule is c1cc(-c2ccc3ccccc3c2)c(-c2c3ccccc3c(-c3cc4cccc5ccc6cccc3c6c54)c3ccccc23)c(-c2ccc3oc4ccccc4c3c2)c1. The normalized spacial score (nSPS) is 12.1. The van der Waals surface area contributed by atoms with Gasteiger partial charge in [-0.15, -0.1) is 0 Å². The third-order valence-electron chi connectivity index (χ3n) is 12.8. The van der Waals surface area contributed by atoms with Gasteiger partial charge in [-0.2, -0.15) is 0 Å². The molecule has 0 atom stereocenters. The number of furan rings is 1. The minimum absolute atomic E-state index is 0.899. The van der Waals surface area contributed by atoms with E-state index < -0.39 is 0 Å². The van der Waals surface area contributed by atoms with E-state index in [2.05, 4.69) is 200 Å². The Morgan fingerprint density at radius 2 is 0.746 bits per heavy atom. The number of fused-ring (bicyclic) bond motifs is 6. The minimum atomic E-state index is 0.899. The van der Waals surface area contributed by atoms with Crippen molar-refractivity contribution >= 4 is 86.6 Å². The molecule has 0 saturated heterocycles. The summed E-state index contributed by atoms with van der Waals surface area (Å²) >= 11 is 0. The van der Waals surface area contributed by atoms with Gasteiger partial charge < -0.3 is 4.42 Å². The molecule has 12 aromatic carbocycles. The fourth-order valence-electron chi connectivity index (χ4n) is 10.2. The van der Waals surface area contributed by atoms with Gasteiger partial charge in [0.25, 0.3) is 0 Å². The van der Waals surface area contributed by atoms with Crippen LogP contribution >= 0.6 is 0 Å². The fourth-order valence-corrected chi connectivity index (χ4v) is 10.2. The molecule has 0 radical (unpaired) electrons. The van der Waals surface area contributed by atoms with Crippen LogP contribution in [-0.2, 0) is 0 Å². The molecule has 1 heteroatoms. The predicted octanol–water partition coefficient (Wildman–Crippen LogP) is 16.6. The van der Waals surface area contributed by atoms with Crippen LogP contribution in [0.3, 0.4) is 0 Å². The summed E-state index contributed by atoms with van der Waals surface area (Å²) in [5.74, 6) is 0. The Labute approximate surface area is 340 Å². The van der Waals surface area contributed by atoms with Gasteiger partial charge in [0, 0.05) is 10.8 Å². The average molecular weight is 747 g/mol. The Balaban J connectivity index is 1.18. The van der Waals surface area contributed by atoms with Gasteiger partial charge in [0.15, 0.2) is 0 Å². The highest BCUT2D eigenvalue weighted by Gasteiger charge is 2.24. The summed E-state index contributed by atoms with van der Waals surface area (Å²) in [6.07, 6.45) is 0. The molecule has 0 aliphatic rings. The van der Waals surface area contributed by atoms with Crippen LogP contribution in [-0.4, -0.2) is 0 Å². The van der Waals surface area contributed by atoms with E-state index in [1.54, 1.807) is 0 Å². The summed E-state index contributed by atoms with van der Waals surface area (Å²) in [4.78, 5) is 0. The zero-order valence-electron chi connectivity index (χ0n) is 32.0. The number of benzene rings is 12. The Morgan fingerprint density at radius 1 is 0.237 bits per heavy atom. The number of rotatable bonds is 4. The summed E-state index contributed by atoms with van der Waals surface area (Å²) in [5, 5.41) is 17.4. The number of hydrogen-bond acceptors (Lipinski definition) is 1. The highest BCUT2D eigenvalue weighted by Crippen LogP contribution is 2.51. The van der Waals surface area contributed by atoms with Crippen molar-refractivity contribution in [3.63, 3.8) is 0 Å². The second-order valence-corrected chi connectivity index (χ2v) is 15.9. The summed E-state index contributed by atoms with van der Waals surface area (Å²) in [5.41, 5.74) is 11.6. The lowest BCUT2D eigenvalue weighted by Gasteiger charge is -2.23. The van der Waals surface area contributed by atoms with Crippen molar-refractivity contribution < 1.29 is 4.42 Å². The maximum atomic E-state index is 6.33. The lowest BCUT2D eigenvalue weighted by atomic mass is 9.79. The Bertz CT molecular complexity index is 3790. The van der Waals surface area contributed by atoms with Gasteiger partial charge in [0.1, 0.15) is 11.2 Å². The molecule has 13 rings (SSSR count). The number of para-hydroxylation sites is 1. The van der Waals surface area contributed by atoms with E-state index in [1.807, 2.05) is 6.07 Å². The van der Waals surface area contributed by atoms with E-state index >= 15 is 0 Å². The van der Waals surface area contributed by atoms with Crippen LogP contribution in [0.4, 0.5) is 0 Å². The molecule has 272 valence electrons. The second kappa shape index (κ2) is 12.4. The van der Waals surface area contributed by atoms with E-state index in [0.29, 0.717) is 0 Å². The third kappa shape index (κ3) is 4.73. The van der Waals surface area contributed by atoms with Crippen LogP contribution in [0.2, 0.25) is 0 Å². The highest BCUT2D eigenvalue weighted by molar-refractivity contribution is 6.31. The van der Waals surface area contributed by atoms with Crippen molar-refractivity contribution in [2.24, 2.45) is 0 Å². The molecular formula is C58H34O. The Kier molecular flexibility index (Phi) is 6.79. The predicted molar refractivity (Wildman–Crippen MR) is 252 cm³/mol. The molecule has 0 fully saturated rings. The molecular weight excluding hydrogens is 713 g/mol. The summed E-state index contributed by atoms with van der Waals surface area (Å²) in [6.45, 7) is 0. The largest absolute Gasteiger partial charge is 0.456 e. The van der Waals surface area contributed by atoms with E-state index in [0.717, 1.165) is 27.5 Å². The van der Waals surface area contributed by atoms with Gasteiger partial charge in [-0.3, -0.25) is 0 Å². The van der Waals surface area contributed by atoms with Crippen molar-refractivity contribution in [3.8, 4) is 44.5 Å². The first-order valence-electron chi connectivity index (χ1n) is 20.4. The first-order chi connectivity index (χ1) is 29.3. The monoisotopic (exact) mass is 746 g/mol. The summed E-state index contributed by atoms with van der Waals surface area (Å²) in [6, 6.07) is 76.2. The van der Waals surface area contributed by atoms with E-state index in [4.69, 9.17) is 4.42 Å². The molecule has 0 unspecified atom stereocenters. The van der Waals surface area contributed by atoms with Gasteiger partial charge in [-0.25, -0.2) is 0 Å². The van der Waals surface area contributed by atoms with Crippen molar-refractivity contribution in [1.82, 2.24) is 0 Å². The van der Waals surface area contributed by atoms with Crippen molar-refractivity contribution in [2.75, 3.05) is 0 Å². The fraction of sp³-hybridized carbons (Fsp3) is 0. The molecule has 13 aromatic rings. The van der Waals surface area contributed by atoms with Crippen molar-refractivity contribution in [2.45, 2.75) is 0 Å². The molecule has 1 aromatic heterocycles. The Morgan fingerprint density at radius 3 is 1.51 bits per heavy atom. The van der Waals surface area contributed by atoms with Crippen LogP contribution < -0.4 is 0 Å². The molecule has 0 amide bonds. The average Bonchev–Trinajstić information content (AvgIpc) is 3.68. The molecule has 0 saturated carbocycles. The lowest BCUT2D eigenvalue weighted by molar-refractivity contribution is 0.669. The van der Waals surface area contributed by atoms with Crippen molar-refractivity contribution in [1.29, 1.82) is 0 Å². The maximum absolute atomic E-state index is 6.33. The molecule has 0 spiro atoms. The van der Waals surface area contributed by atoms with Crippen LogP contribution in [0.15, 0.2) is 211 Å². The molecule has 0 bridgehead atoms. The van der Waals surface area contributed by atoms with E-state index in [1.165, 1.54) is 104 Å². The minimum Gasteiger partial charge on any atom is -0.456 e. The molecule has 0 N–H and O–H groups in total. The van der Waals surface area contributed by atoms with Crippen LogP contribution in [0.1, 0.15) is 0 Å². The quantitative estimate of drug-likeness (QED) is 0.129. The molecule has 1 nitrogen and oxygen atoms in total. The third-order valence-corrected chi connectivity index (χ3v) is 12.8. The standard InChI is InChI=1S/C58H34O/c1-2-13-38-32-39(29-26-35(38)12-1)42-22-11-23-43(40-30-31-53-50(33-40)44-17-7-8-25-52(44)59-53)57(42)58-47-20-5-3-18-45(47)56(46-19-4-6-21-48(46)58)51-34-41-16-9-14-36-27-28-37-15-10-24-49(51)55(37)54(36)41/h1-34H. The van der Waals surface area contributed by atoms with Crippen molar-refractivity contribution in [3.05, 3.63) is 206 Å². The smallest absolute Gasteiger partial charge is 0.135 e.